The van der Waals surface area contributed by atoms with Crippen LogP contribution in [0.2, 0.25) is 0 Å². The first-order chi connectivity index (χ1) is 8.61. The highest BCUT2D eigenvalue weighted by Gasteiger charge is 2.15. The second-order valence-corrected chi connectivity index (χ2v) is 4.02. The number of pyridine rings is 2. The van der Waals surface area contributed by atoms with E-state index in [2.05, 4.69) is 9.97 Å². The molecule has 1 unspecified atom stereocenters. The van der Waals surface area contributed by atoms with Gasteiger partial charge in [-0.25, -0.2) is 9.97 Å². The number of ether oxygens (including phenoxy) is 1. The van der Waals surface area contributed by atoms with E-state index in [4.69, 9.17) is 10.5 Å². The Balaban J connectivity index is 2.34. The Bertz CT molecular complexity index is 540. The zero-order valence-corrected chi connectivity index (χ0v) is 10.3. The van der Waals surface area contributed by atoms with E-state index in [9.17, 15) is 5.11 Å². The largest absolute Gasteiger partial charge is 0.481 e. The fourth-order valence-corrected chi connectivity index (χ4v) is 1.68. The summed E-state index contributed by atoms with van der Waals surface area (Å²) in [7, 11) is 1.54. The van der Waals surface area contributed by atoms with E-state index in [0.29, 0.717) is 22.8 Å². The van der Waals surface area contributed by atoms with Crippen molar-refractivity contribution in [2.75, 3.05) is 12.8 Å². The lowest BCUT2D eigenvalue weighted by atomic mass is 10.0. The molecule has 2 aromatic heterocycles. The van der Waals surface area contributed by atoms with Crippen molar-refractivity contribution in [2.45, 2.75) is 13.0 Å². The third-order valence-corrected chi connectivity index (χ3v) is 2.66. The molecule has 0 amide bonds. The van der Waals surface area contributed by atoms with E-state index in [1.54, 1.807) is 31.6 Å². The molecule has 18 heavy (non-hydrogen) atoms. The Morgan fingerprint density at radius 3 is 2.67 bits per heavy atom. The molecule has 0 aromatic carbocycles. The first kappa shape index (κ1) is 12.3. The van der Waals surface area contributed by atoms with E-state index in [1.807, 2.05) is 13.0 Å². The summed E-state index contributed by atoms with van der Waals surface area (Å²) in [6.07, 6.45) is 2.39. The van der Waals surface area contributed by atoms with Crippen LogP contribution >= 0.6 is 0 Å². The van der Waals surface area contributed by atoms with Gasteiger partial charge in [-0.3, -0.25) is 0 Å². The van der Waals surface area contributed by atoms with Gasteiger partial charge in [0.1, 0.15) is 11.9 Å². The normalized spacial score (nSPS) is 12.2. The van der Waals surface area contributed by atoms with Crippen LogP contribution in [0.4, 0.5) is 5.82 Å². The van der Waals surface area contributed by atoms with Crippen molar-refractivity contribution in [2.24, 2.45) is 0 Å². The van der Waals surface area contributed by atoms with Crippen LogP contribution in [-0.4, -0.2) is 22.2 Å². The van der Waals surface area contributed by atoms with Crippen molar-refractivity contribution in [3.8, 4) is 5.88 Å². The second-order valence-electron chi connectivity index (χ2n) is 4.02. The summed E-state index contributed by atoms with van der Waals surface area (Å²) >= 11 is 0. The van der Waals surface area contributed by atoms with Gasteiger partial charge in [0.2, 0.25) is 5.88 Å². The number of nitrogens with zero attached hydrogens (tertiary/aromatic N) is 2. The zero-order chi connectivity index (χ0) is 13.1. The van der Waals surface area contributed by atoms with Crippen LogP contribution in [0.1, 0.15) is 22.8 Å². The van der Waals surface area contributed by atoms with Gasteiger partial charge in [0.25, 0.3) is 0 Å². The molecule has 5 nitrogen and oxygen atoms in total. The third-order valence-electron chi connectivity index (χ3n) is 2.66. The fraction of sp³-hybridized carbons (Fsp3) is 0.231. The van der Waals surface area contributed by atoms with Crippen molar-refractivity contribution in [1.82, 2.24) is 9.97 Å². The molecule has 0 spiro atoms. The molecule has 0 saturated carbocycles. The minimum absolute atomic E-state index is 0.323. The van der Waals surface area contributed by atoms with Crippen molar-refractivity contribution in [3.05, 3.63) is 47.3 Å². The standard InChI is InChI=1S/C13H15N3O2/c1-8-5-10(13(14)16-6-8)12(17)9-3-4-11(18-2)15-7-9/h3-7,12,17H,1-2H3,(H2,14,16). The molecule has 3 N–H and O–H groups in total. The predicted molar refractivity (Wildman–Crippen MR) is 68.2 cm³/mol. The number of aromatic nitrogens is 2. The number of nitrogens with two attached hydrogens (primary N) is 1. The lowest BCUT2D eigenvalue weighted by Gasteiger charge is -2.13. The molecular weight excluding hydrogens is 230 g/mol. The number of anilines is 1. The molecule has 0 bridgehead atoms. The Kier molecular flexibility index (Phi) is 3.43. The number of nitrogen functional groups attached to an aromatic ring is 1. The van der Waals surface area contributed by atoms with Gasteiger partial charge in [-0.1, -0.05) is 0 Å². The van der Waals surface area contributed by atoms with Gasteiger partial charge in [0.15, 0.2) is 0 Å². The van der Waals surface area contributed by atoms with Gasteiger partial charge >= 0.3 is 0 Å². The van der Waals surface area contributed by atoms with Gasteiger partial charge in [-0.05, 0) is 24.6 Å². The van der Waals surface area contributed by atoms with E-state index in [1.165, 1.54) is 0 Å². The van der Waals surface area contributed by atoms with Gasteiger partial charge in [0, 0.05) is 29.6 Å². The van der Waals surface area contributed by atoms with Gasteiger partial charge in [-0.15, -0.1) is 0 Å². The molecule has 0 saturated heterocycles. The third kappa shape index (κ3) is 2.41. The first-order valence-electron chi connectivity index (χ1n) is 5.52. The van der Waals surface area contributed by atoms with E-state index in [0.717, 1.165) is 5.56 Å². The number of aliphatic hydroxyl groups is 1. The zero-order valence-electron chi connectivity index (χ0n) is 10.3. The number of aryl methyl sites for hydroxylation is 1. The average Bonchev–Trinajstić information content (AvgIpc) is 2.41. The van der Waals surface area contributed by atoms with Crippen LogP contribution in [0.15, 0.2) is 30.6 Å². The van der Waals surface area contributed by atoms with E-state index in [-0.39, 0.29) is 0 Å². The van der Waals surface area contributed by atoms with Gasteiger partial charge < -0.3 is 15.6 Å². The molecular formula is C13H15N3O2. The highest BCUT2D eigenvalue weighted by Crippen LogP contribution is 2.26. The molecule has 2 rings (SSSR count). The smallest absolute Gasteiger partial charge is 0.212 e. The number of hydrogen-bond acceptors (Lipinski definition) is 5. The lowest BCUT2D eigenvalue weighted by Crippen LogP contribution is -2.06. The Morgan fingerprint density at radius 2 is 2.06 bits per heavy atom. The van der Waals surface area contributed by atoms with Gasteiger partial charge in [-0.2, -0.15) is 0 Å². The van der Waals surface area contributed by atoms with Crippen LogP contribution in [-0.2, 0) is 0 Å². The monoisotopic (exact) mass is 245 g/mol. The second kappa shape index (κ2) is 5.01. The summed E-state index contributed by atoms with van der Waals surface area (Å²) in [5, 5.41) is 10.3. The molecule has 0 aliphatic rings. The lowest BCUT2D eigenvalue weighted by molar-refractivity contribution is 0.220. The van der Waals surface area contributed by atoms with Crippen LogP contribution < -0.4 is 10.5 Å². The highest BCUT2D eigenvalue weighted by molar-refractivity contribution is 5.45. The number of methoxy groups -OCH3 is 1. The average molecular weight is 245 g/mol. The van der Waals surface area contributed by atoms with Crippen LogP contribution in [0, 0.1) is 6.92 Å². The maximum atomic E-state index is 10.3. The van der Waals surface area contributed by atoms with Crippen molar-refractivity contribution < 1.29 is 9.84 Å². The van der Waals surface area contributed by atoms with Gasteiger partial charge in [0.05, 0.1) is 7.11 Å². The quantitative estimate of drug-likeness (QED) is 0.855. The minimum atomic E-state index is -0.837. The summed E-state index contributed by atoms with van der Waals surface area (Å²) in [5.74, 6) is 0.824. The molecule has 0 aliphatic carbocycles. The molecule has 94 valence electrons. The SMILES string of the molecule is COc1ccc(C(O)c2cc(C)cnc2N)cn1. The van der Waals surface area contributed by atoms with Crippen LogP contribution in [0.3, 0.4) is 0 Å². The minimum Gasteiger partial charge on any atom is -0.481 e. The van der Waals surface area contributed by atoms with Crippen LogP contribution in [0.25, 0.3) is 0 Å². The number of aliphatic hydroxyl groups excluding tert-OH is 1. The van der Waals surface area contributed by atoms with E-state index >= 15 is 0 Å². The van der Waals surface area contributed by atoms with Crippen molar-refractivity contribution >= 4 is 5.82 Å². The fourth-order valence-electron chi connectivity index (χ4n) is 1.68. The molecule has 0 fully saturated rings. The van der Waals surface area contributed by atoms with E-state index < -0.39 is 6.10 Å². The van der Waals surface area contributed by atoms with Crippen LogP contribution in [0.5, 0.6) is 5.88 Å². The Hall–Kier alpha value is -2.14. The Morgan fingerprint density at radius 1 is 1.28 bits per heavy atom. The van der Waals surface area contributed by atoms with Crippen molar-refractivity contribution in [1.29, 1.82) is 0 Å². The maximum Gasteiger partial charge on any atom is 0.212 e. The predicted octanol–water partition coefficient (Wildman–Crippen LogP) is 1.46. The molecule has 2 aromatic rings. The molecule has 0 radical (unpaired) electrons. The highest BCUT2D eigenvalue weighted by atomic mass is 16.5. The molecule has 0 aliphatic heterocycles. The summed E-state index contributed by atoms with van der Waals surface area (Å²) in [6.45, 7) is 1.90. The van der Waals surface area contributed by atoms with Crippen molar-refractivity contribution in [3.63, 3.8) is 0 Å². The summed E-state index contributed by atoms with van der Waals surface area (Å²) in [4.78, 5) is 8.08. The molecule has 2 heterocycles. The maximum absolute atomic E-state index is 10.3. The number of rotatable bonds is 3. The summed E-state index contributed by atoms with van der Waals surface area (Å²) in [5.41, 5.74) is 7.94. The first-order valence-corrected chi connectivity index (χ1v) is 5.52. The number of hydrogen-bond donors (Lipinski definition) is 2. The molecule has 5 heteroatoms. The summed E-state index contributed by atoms with van der Waals surface area (Å²) < 4.78 is 4.97. The Labute approximate surface area is 105 Å². The summed E-state index contributed by atoms with van der Waals surface area (Å²) in [6, 6.07) is 5.26. The topological polar surface area (TPSA) is 81.3 Å². The molecule has 1 atom stereocenters.